The Morgan fingerprint density at radius 3 is 1.30 bits per heavy atom. The molecule has 50 heavy (non-hydrogen) atoms. The summed E-state index contributed by atoms with van der Waals surface area (Å²) in [5, 5.41) is 3.74. The molecule has 0 aromatic heterocycles. The molecule has 16 heteroatoms. The number of benzene rings is 4. The molecule has 12 nitrogen and oxygen atoms in total. The zero-order chi connectivity index (χ0) is 36.2. The highest BCUT2D eigenvalue weighted by molar-refractivity contribution is 7.99. The maximum absolute atomic E-state index is 12.8. The van der Waals surface area contributed by atoms with Gasteiger partial charge in [-0.3, -0.25) is 9.11 Å². The second kappa shape index (κ2) is 13.0. The Balaban J connectivity index is 1.51. The molecular formula is C34H32N6O6S4. The van der Waals surface area contributed by atoms with Crippen LogP contribution in [-0.2, 0) is 31.3 Å². The van der Waals surface area contributed by atoms with Crippen LogP contribution in [0, 0.1) is 11.1 Å². The normalized spacial score (nSPS) is 23.2. The number of fused-ring (bicyclic) bond motifs is 2. The molecule has 0 bridgehead atoms. The van der Waals surface area contributed by atoms with E-state index >= 15 is 0 Å². The molecule has 0 fully saturated rings. The first-order valence-corrected chi connectivity index (χ1v) is 20.4. The van der Waals surface area contributed by atoms with Gasteiger partial charge in [0, 0.05) is 20.9 Å². The first-order valence-electron chi connectivity index (χ1n) is 14.9. The summed E-state index contributed by atoms with van der Waals surface area (Å²) in [6.07, 6.45) is 6.04. The standard InChI is InChI=1S/C34H32N6O6S4/c1-47-29-15-19(11-13-25(29)33(35)23-9-5-3-7-21(23)27(39-37)17-31(33)49(41,42)43)20-12-14-26(30(16-20)48-2)34(36)24-10-6-4-8-22(24)28(40-38)18-32(34)50(44,45)46/h3-18,31-32,37-38H,35-36H2,1-2H3,(H,41,42,43)(H,44,45,46). The van der Waals surface area contributed by atoms with Crippen LogP contribution in [0.15, 0.2) is 117 Å². The first-order chi connectivity index (χ1) is 23.6. The van der Waals surface area contributed by atoms with Crippen LogP contribution in [0.1, 0.15) is 33.4 Å². The predicted molar refractivity (Wildman–Crippen MR) is 195 cm³/mol. The van der Waals surface area contributed by atoms with Crippen molar-refractivity contribution in [2.24, 2.45) is 21.7 Å². The zero-order valence-electron chi connectivity index (χ0n) is 26.6. The maximum Gasteiger partial charge on any atom is 0.274 e. The highest BCUT2D eigenvalue weighted by atomic mass is 32.2. The van der Waals surface area contributed by atoms with Crippen LogP contribution in [0.4, 0.5) is 0 Å². The van der Waals surface area contributed by atoms with E-state index in [1.165, 1.54) is 35.7 Å². The summed E-state index contributed by atoms with van der Waals surface area (Å²) < 4.78 is 72.1. The van der Waals surface area contributed by atoms with Crippen LogP contribution in [0.25, 0.3) is 22.5 Å². The van der Waals surface area contributed by atoms with Gasteiger partial charge in [0.15, 0.2) is 0 Å². The maximum atomic E-state index is 12.8. The molecule has 258 valence electrons. The number of rotatable bonds is 9. The van der Waals surface area contributed by atoms with Crippen LogP contribution in [0.2, 0.25) is 0 Å². The monoisotopic (exact) mass is 748 g/mol. The second-order valence-corrected chi connectivity index (χ2v) is 16.6. The van der Waals surface area contributed by atoms with Crippen molar-refractivity contribution in [2.45, 2.75) is 31.4 Å². The Morgan fingerprint density at radius 1 is 0.620 bits per heavy atom. The third kappa shape index (κ3) is 5.65. The molecule has 0 amide bonds. The van der Waals surface area contributed by atoms with Gasteiger partial charge in [-0.1, -0.05) is 72.8 Å². The van der Waals surface area contributed by atoms with E-state index in [0.717, 1.165) is 11.1 Å². The van der Waals surface area contributed by atoms with Crippen molar-refractivity contribution >= 4 is 55.2 Å². The molecule has 4 unspecified atom stereocenters. The van der Waals surface area contributed by atoms with Crippen LogP contribution in [0.5, 0.6) is 0 Å². The van der Waals surface area contributed by atoms with Gasteiger partial charge in [-0.15, -0.1) is 23.5 Å². The van der Waals surface area contributed by atoms with Gasteiger partial charge in [0.1, 0.15) is 10.5 Å². The number of nitrogens with one attached hydrogen (secondary N) is 2. The summed E-state index contributed by atoms with van der Waals surface area (Å²) in [4.78, 5) is 1.25. The highest BCUT2D eigenvalue weighted by Gasteiger charge is 2.51. The lowest BCUT2D eigenvalue weighted by molar-refractivity contribution is 0.433. The van der Waals surface area contributed by atoms with E-state index in [2.05, 4.69) is 10.2 Å². The van der Waals surface area contributed by atoms with E-state index in [4.69, 9.17) is 22.5 Å². The molecule has 0 spiro atoms. The van der Waals surface area contributed by atoms with Gasteiger partial charge in [0.05, 0.1) is 22.5 Å². The van der Waals surface area contributed by atoms with Gasteiger partial charge >= 0.3 is 0 Å². The first kappa shape index (κ1) is 35.8. The van der Waals surface area contributed by atoms with Gasteiger partial charge in [-0.05, 0) is 70.2 Å². The topological polar surface area (TPSA) is 233 Å². The van der Waals surface area contributed by atoms with Crippen molar-refractivity contribution in [1.29, 1.82) is 11.1 Å². The summed E-state index contributed by atoms with van der Waals surface area (Å²) in [7, 11) is -9.55. The molecule has 0 radical (unpaired) electrons. The fraction of sp³-hybridized carbons (Fsp3) is 0.176. The van der Waals surface area contributed by atoms with E-state index in [1.807, 2.05) is 24.6 Å². The van der Waals surface area contributed by atoms with Crippen LogP contribution in [-0.4, -0.2) is 49.0 Å². The molecule has 0 saturated carbocycles. The summed E-state index contributed by atoms with van der Waals surface area (Å²) in [6, 6.07) is 24.3. The number of hydrogen-bond acceptors (Lipinski definition) is 12. The minimum Gasteiger partial charge on any atom is -0.316 e. The minimum atomic E-state index is -4.78. The second-order valence-electron chi connectivity index (χ2n) is 11.9. The van der Waals surface area contributed by atoms with Crippen LogP contribution >= 0.6 is 23.5 Å². The molecule has 2 aliphatic rings. The number of thioether (sulfide) groups is 2. The van der Waals surface area contributed by atoms with E-state index in [9.17, 15) is 25.9 Å². The average Bonchev–Trinajstić information content (AvgIpc) is 3.10. The Hall–Kier alpha value is -4.00. The molecule has 0 aliphatic heterocycles. The third-order valence-corrected chi connectivity index (χ3v) is 13.2. The Kier molecular flexibility index (Phi) is 9.28. The van der Waals surface area contributed by atoms with E-state index < -0.39 is 41.8 Å². The zero-order valence-corrected chi connectivity index (χ0v) is 29.9. The highest BCUT2D eigenvalue weighted by Crippen LogP contribution is 2.49. The minimum absolute atomic E-state index is 0.0756. The number of nitrogens with zero attached hydrogens (tertiary/aromatic N) is 2. The van der Waals surface area contributed by atoms with Crippen LogP contribution in [0.3, 0.4) is 0 Å². The Labute approximate surface area is 298 Å². The van der Waals surface area contributed by atoms with Crippen molar-refractivity contribution in [3.05, 3.63) is 130 Å². The molecular weight excluding hydrogens is 717 g/mol. The lowest BCUT2D eigenvalue weighted by atomic mass is 9.74. The molecule has 2 aliphatic carbocycles. The predicted octanol–water partition coefficient (Wildman–Crippen LogP) is 6.49. The third-order valence-electron chi connectivity index (χ3n) is 9.32. The van der Waals surface area contributed by atoms with Crippen LogP contribution < -0.4 is 11.5 Å². The fourth-order valence-corrected chi connectivity index (χ4v) is 10.5. The number of hydrogen-bond donors (Lipinski definition) is 6. The largest absolute Gasteiger partial charge is 0.316 e. The molecule has 4 aromatic rings. The van der Waals surface area contributed by atoms with Gasteiger partial charge in [-0.25, -0.2) is 11.1 Å². The molecule has 0 heterocycles. The molecule has 4 aromatic carbocycles. The molecule has 6 rings (SSSR count). The quantitative estimate of drug-likeness (QED) is 0.0619. The van der Waals surface area contributed by atoms with Gasteiger partial charge < -0.3 is 11.5 Å². The van der Waals surface area contributed by atoms with Crippen molar-refractivity contribution in [3.8, 4) is 11.1 Å². The van der Waals surface area contributed by atoms with Crippen molar-refractivity contribution in [1.82, 2.24) is 0 Å². The fourth-order valence-electron chi connectivity index (χ4n) is 7.03. The van der Waals surface area contributed by atoms with Crippen molar-refractivity contribution in [2.75, 3.05) is 12.5 Å². The lowest BCUT2D eigenvalue weighted by Gasteiger charge is -2.40. The van der Waals surface area contributed by atoms with Crippen molar-refractivity contribution in [3.63, 3.8) is 0 Å². The SMILES string of the molecule is CSc1cc(-c2ccc(C3(N)c4ccccc4C(N=N)=CC3S(=O)(=O)O)c(SC)c2)ccc1C1(N)c2ccccc2C(N=N)=CC1S(=O)(=O)O. The summed E-state index contributed by atoms with van der Waals surface area (Å²) in [5.74, 6) is 0. The lowest BCUT2D eigenvalue weighted by Crippen LogP contribution is -2.53. The Bertz CT molecular complexity index is 2200. The molecule has 4 atom stereocenters. The molecule has 0 saturated heterocycles. The van der Waals surface area contributed by atoms with Gasteiger partial charge in [0.25, 0.3) is 20.2 Å². The summed E-state index contributed by atoms with van der Waals surface area (Å²) in [5.41, 5.74) is 30.1. The van der Waals surface area contributed by atoms with Crippen molar-refractivity contribution < 1.29 is 25.9 Å². The Morgan fingerprint density at radius 2 is 0.980 bits per heavy atom. The average molecular weight is 749 g/mol. The molecule has 8 N–H and O–H groups in total. The summed E-state index contributed by atoms with van der Waals surface area (Å²) >= 11 is 2.67. The smallest absolute Gasteiger partial charge is 0.274 e. The van der Waals surface area contributed by atoms with E-state index in [1.54, 1.807) is 72.8 Å². The van der Waals surface area contributed by atoms with E-state index in [0.29, 0.717) is 43.2 Å². The van der Waals surface area contributed by atoms with Gasteiger partial charge in [0.2, 0.25) is 0 Å². The summed E-state index contributed by atoms with van der Waals surface area (Å²) in [6.45, 7) is 0. The number of nitrogens with two attached hydrogens (primary N) is 2. The van der Waals surface area contributed by atoms with Gasteiger partial charge in [-0.2, -0.15) is 27.1 Å². The van der Waals surface area contributed by atoms with E-state index in [-0.39, 0.29) is 11.4 Å².